The number of rotatable bonds is 0. The average Bonchev–Trinajstić information content (AvgIpc) is 1.35. The fourth-order valence-electron chi connectivity index (χ4n) is 0. The molecule has 0 aliphatic rings. The summed E-state index contributed by atoms with van der Waals surface area (Å²) in [7, 11) is 0. The van der Waals surface area contributed by atoms with Gasteiger partial charge in [0.2, 0.25) is 0 Å². The van der Waals surface area contributed by atoms with Crippen LogP contribution in [0.15, 0.2) is 0 Å². The van der Waals surface area contributed by atoms with Crippen molar-refractivity contribution in [1.29, 1.82) is 5.26 Å². The Kier molecular flexibility index (Phi) is 1.10. The first kappa shape index (κ1) is 5.38. The molecule has 0 aromatic carbocycles. The summed E-state index contributed by atoms with van der Waals surface area (Å²) in [4.78, 5) is 0. The first-order chi connectivity index (χ1) is 2.56. The molecule has 0 aromatic rings. The highest BCUT2D eigenvalue weighted by molar-refractivity contribution is 4.85. The Bertz CT molecular complexity index is 77.8. The monoisotopic (exact) mass is 88.0 g/mol. The predicted molar refractivity (Wildman–Crippen MR) is 15.8 cm³/mol. The summed E-state index contributed by atoms with van der Waals surface area (Å²) < 4.78 is 11.2. The van der Waals surface area contributed by atoms with Gasteiger partial charge < -0.3 is 0 Å². The van der Waals surface area contributed by atoms with Crippen LogP contribution in [0.25, 0.3) is 0 Å². The second-order valence-electron chi connectivity index (χ2n) is 1.03. The molecule has 0 aliphatic carbocycles. The van der Waals surface area contributed by atoms with Crippen LogP contribution < -0.4 is 0 Å². The first-order valence-corrected chi connectivity index (χ1v) is 1.37. The van der Waals surface area contributed by atoms with E-state index < -0.39 is 5.85 Å². The summed E-state index contributed by atoms with van der Waals surface area (Å²) in [6, 6.07) is 0.882. The number of hydrogen-bond donors (Lipinski definition) is 0. The summed E-state index contributed by atoms with van der Waals surface area (Å²) in [6.45, 7) is 0.660. The van der Waals surface area contributed by atoms with Crippen LogP contribution in [0.3, 0.4) is 0 Å². The lowest BCUT2D eigenvalue weighted by Gasteiger charge is -1.90. The van der Waals surface area contributed by atoms with Crippen molar-refractivity contribution in [3.05, 3.63) is 0 Å². The number of alkyl halides is 1. The van der Waals surface area contributed by atoms with E-state index in [1.165, 1.54) is 0 Å². The van der Waals surface area contributed by atoms with E-state index in [1.807, 2.05) is 0 Å². The zero-order valence-electron chi connectivity index (χ0n) is 3.23. The van der Waals surface area contributed by atoms with Crippen LogP contribution >= 0.6 is 0 Å². The van der Waals surface area contributed by atoms with Gasteiger partial charge >= 0.3 is 5.85 Å². The van der Waals surface area contributed by atoms with Crippen LogP contribution in [0.4, 0.5) is 4.39 Å². The van der Waals surface area contributed by atoms with Gasteiger partial charge in [-0.05, 0) is 0 Å². The van der Waals surface area contributed by atoms with Crippen molar-refractivity contribution in [3.8, 4) is 6.07 Å². The summed E-state index contributed by atoms with van der Waals surface area (Å²) in [5, 5.41) is 16.9. The fraction of sp³-hybridized carbons (Fsp3) is 0.667. The minimum atomic E-state index is -2.90. The minimum absolute atomic E-state index is 0.660. The Morgan fingerprint density at radius 3 is 2.17 bits per heavy atom. The van der Waals surface area contributed by atoms with Gasteiger partial charge in [-0.3, -0.25) is 0 Å². The first-order valence-electron chi connectivity index (χ1n) is 1.37. The van der Waals surface area contributed by atoms with Crippen LogP contribution in [-0.2, 0) is 5.11 Å². The Labute approximate surface area is 34.8 Å². The molecule has 33 valence electrons. The van der Waals surface area contributed by atoms with E-state index in [0.717, 1.165) is 6.07 Å². The lowest BCUT2D eigenvalue weighted by atomic mass is 10.4. The van der Waals surface area contributed by atoms with Crippen molar-refractivity contribution in [2.24, 2.45) is 0 Å². The molecule has 0 aliphatic heterocycles. The molecule has 0 fully saturated rings. The fourth-order valence-corrected chi connectivity index (χ4v) is 0. The molecule has 0 aromatic heterocycles. The predicted octanol–water partition coefficient (Wildman–Crippen LogP) is 0.626. The number of halogens is 1. The quantitative estimate of drug-likeness (QED) is 0.428. The highest BCUT2D eigenvalue weighted by Gasteiger charge is 2.17. The lowest BCUT2D eigenvalue weighted by Crippen LogP contribution is -2.08. The van der Waals surface area contributed by atoms with E-state index >= 15 is 0 Å². The maximum absolute atomic E-state index is 11.2. The Hall–Kier alpha value is -0.620. The van der Waals surface area contributed by atoms with Crippen molar-refractivity contribution in [2.75, 3.05) is 0 Å². The largest absolute Gasteiger partial charge is 0.322 e. The second-order valence-corrected chi connectivity index (χ2v) is 1.03. The molecule has 3 heteroatoms. The molecule has 0 N–H and O–H groups in total. The van der Waals surface area contributed by atoms with Crippen LogP contribution in [-0.4, -0.2) is 5.85 Å². The van der Waals surface area contributed by atoms with Crippen molar-refractivity contribution >= 4 is 0 Å². The molecule has 1 radical (unpaired) electrons. The van der Waals surface area contributed by atoms with Gasteiger partial charge in [0.1, 0.15) is 6.07 Å². The van der Waals surface area contributed by atoms with Gasteiger partial charge in [-0.1, -0.05) is 0 Å². The number of nitriles is 1. The summed E-state index contributed by atoms with van der Waals surface area (Å²) in [6.07, 6.45) is 0. The number of nitrogens with zero attached hydrogens (tertiary/aromatic N) is 1. The lowest BCUT2D eigenvalue weighted by molar-refractivity contribution is -0.0750. The molecule has 0 saturated carbocycles. The molecular formula is C3H3FNO. The molecule has 1 atom stereocenters. The molecule has 0 saturated heterocycles. The Balaban J connectivity index is 3.55. The van der Waals surface area contributed by atoms with E-state index in [9.17, 15) is 9.50 Å². The zero-order chi connectivity index (χ0) is 5.21. The Morgan fingerprint density at radius 1 is 2.00 bits per heavy atom. The molecular weight excluding hydrogens is 85.0 g/mol. The molecule has 1 unspecified atom stereocenters. The van der Waals surface area contributed by atoms with Gasteiger partial charge in [-0.15, -0.1) is 0 Å². The van der Waals surface area contributed by atoms with Crippen LogP contribution in [0, 0.1) is 11.3 Å². The maximum Gasteiger partial charge on any atom is 0.322 e. The third-order valence-corrected chi connectivity index (χ3v) is 0.200. The average molecular weight is 88.1 g/mol. The standard InChI is InChI=1S/C3H3FNO/c1-3(4,6)2-5/h1H3. The van der Waals surface area contributed by atoms with Crippen LogP contribution in [0.5, 0.6) is 0 Å². The topological polar surface area (TPSA) is 43.7 Å². The highest BCUT2D eigenvalue weighted by Crippen LogP contribution is 2.00. The van der Waals surface area contributed by atoms with Crippen molar-refractivity contribution in [3.63, 3.8) is 0 Å². The van der Waals surface area contributed by atoms with Gasteiger partial charge in [-0.2, -0.15) is 14.8 Å². The van der Waals surface area contributed by atoms with E-state index in [2.05, 4.69) is 0 Å². The van der Waals surface area contributed by atoms with Crippen molar-refractivity contribution in [1.82, 2.24) is 0 Å². The van der Waals surface area contributed by atoms with Gasteiger partial charge in [0, 0.05) is 6.92 Å². The van der Waals surface area contributed by atoms with Crippen LogP contribution in [0.2, 0.25) is 0 Å². The van der Waals surface area contributed by atoms with E-state index in [4.69, 9.17) is 5.26 Å². The van der Waals surface area contributed by atoms with Gasteiger partial charge in [-0.25, -0.2) is 0 Å². The number of hydrogen-bond acceptors (Lipinski definition) is 1. The molecule has 0 heterocycles. The molecule has 6 heavy (non-hydrogen) atoms. The molecule has 0 rings (SSSR count). The maximum atomic E-state index is 11.2. The smallest absolute Gasteiger partial charge is 0.192 e. The molecule has 0 bridgehead atoms. The summed E-state index contributed by atoms with van der Waals surface area (Å²) in [5.41, 5.74) is 0. The van der Waals surface area contributed by atoms with E-state index in [0.29, 0.717) is 6.92 Å². The molecule has 2 nitrogen and oxygen atoms in total. The van der Waals surface area contributed by atoms with Gasteiger partial charge in [0.05, 0.1) is 0 Å². The third kappa shape index (κ3) is 3.38. The normalized spacial score (nSPS) is 18.3. The highest BCUT2D eigenvalue weighted by atomic mass is 19.2. The minimum Gasteiger partial charge on any atom is -0.192 e. The zero-order valence-corrected chi connectivity index (χ0v) is 3.23. The van der Waals surface area contributed by atoms with Crippen molar-refractivity contribution < 1.29 is 9.50 Å². The van der Waals surface area contributed by atoms with E-state index in [1.54, 1.807) is 0 Å². The van der Waals surface area contributed by atoms with Gasteiger partial charge in [0.15, 0.2) is 0 Å². The molecule has 0 amide bonds. The van der Waals surface area contributed by atoms with Crippen molar-refractivity contribution in [2.45, 2.75) is 12.8 Å². The Morgan fingerprint density at radius 2 is 2.17 bits per heavy atom. The summed E-state index contributed by atoms with van der Waals surface area (Å²) >= 11 is 0. The third-order valence-electron chi connectivity index (χ3n) is 0.200. The molecule has 0 spiro atoms. The van der Waals surface area contributed by atoms with Crippen LogP contribution in [0.1, 0.15) is 6.92 Å². The SMILES string of the molecule is CC([O])(F)C#N. The second kappa shape index (κ2) is 1.23. The van der Waals surface area contributed by atoms with E-state index in [-0.39, 0.29) is 0 Å². The summed E-state index contributed by atoms with van der Waals surface area (Å²) in [5.74, 6) is -2.90. The van der Waals surface area contributed by atoms with Gasteiger partial charge in [0.25, 0.3) is 0 Å².